The molecule has 0 bridgehead atoms. The Morgan fingerprint density at radius 2 is 2.00 bits per heavy atom. The maximum atomic E-state index is 12.1. The van der Waals surface area contributed by atoms with Crippen molar-refractivity contribution in [1.29, 1.82) is 0 Å². The number of aryl methyl sites for hydroxylation is 1. The van der Waals surface area contributed by atoms with Crippen molar-refractivity contribution in [3.63, 3.8) is 0 Å². The number of benzene rings is 1. The second-order valence-electron chi connectivity index (χ2n) is 5.21. The molecular weight excluding hydrogens is 312 g/mol. The predicted octanol–water partition coefficient (Wildman–Crippen LogP) is 2.06. The number of nitrogens with one attached hydrogen (secondary N) is 2. The molecule has 0 spiro atoms. The summed E-state index contributed by atoms with van der Waals surface area (Å²) in [6.45, 7) is 3.38. The molecule has 124 valence electrons. The molecule has 1 aromatic carbocycles. The molecule has 0 radical (unpaired) electrons. The van der Waals surface area contributed by atoms with Crippen LogP contribution in [0.25, 0.3) is 0 Å². The monoisotopic (exact) mass is 328 g/mol. The molecule has 1 atom stereocenters. The lowest BCUT2D eigenvalue weighted by atomic mass is 10.1. The molecular formula is C16H16N4O4. The van der Waals surface area contributed by atoms with Gasteiger partial charge in [-0.1, -0.05) is 6.07 Å². The Morgan fingerprint density at radius 3 is 2.67 bits per heavy atom. The van der Waals surface area contributed by atoms with Gasteiger partial charge in [0.25, 0.3) is 11.6 Å². The Bertz CT molecular complexity index is 791. The number of hydrogen-bond acceptors (Lipinski definition) is 5. The molecule has 24 heavy (non-hydrogen) atoms. The average molecular weight is 328 g/mol. The summed E-state index contributed by atoms with van der Waals surface area (Å²) in [7, 11) is 0. The highest BCUT2D eigenvalue weighted by Crippen LogP contribution is 2.13. The summed E-state index contributed by atoms with van der Waals surface area (Å²) in [6, 6.07) is 7.96. The van der Waals surface area contributed by atoms with Gasteiger partial charge in [-0.3, -0.25) is 19.7 Å². The molecule has 2 amide bonds. The molecule has 1 aromatic heterocycles. The number of amides is 2. The van der Waals surface area contributed by atoms with Crippen LogP contribution in [0.3, 0.4) is 0 Å². The highest BCUT2D eigenvalue weighted by Gasteiger charge is 2.18. The Balaban J connectivity index is 2.01. The number of hydrogen-bond donors (Lipinski definition) is 2. The zero-order valence-electron chi connectivity index (χ0n) is 13.1. The minimum Gasteiger partial charge on any atom is -0.341 e. The molecule has 2 N–H and O–H groups in total. The van der Waals surface area contributed by atoms with Gasteiger partial charge in [-0.05, 0) is 37.6 Å². The molecule has 0 aliphatic carbocycles. The van der Waals surface area contributed by atoms with Crippen molar-refractivity contribution in [2.45, 2.75) is 19.9 Å². The standard InChI is InChI=1S/C16H16N4O4/c1-10-6-7-17-14(8-10)19-15(21)11(2)18-16(22)12-4-3-5-13(9-12)20(23)24/h3-9,11H,1-2H3,(H,18,22)(H,17,19,21)/t11-/m1/s1. The van der Waals surface area contributed by atoms with Crippen molar-refractivity contribution in [2.24, 2.45) is 0 Å². The van der Waals surface area contributed by atoms with E-state index in [-0.39, 0.29) is 11.3 Å². The predicted molar refractivity (Wildman–Crippen MR) is 87.6 cm³/mol. The molecule has 0 aliphatic heterocycles. The second kappa shape index (κ2) is 7.32. The van der Waals surface area contributed by atoms with Crippen molar-refractivity contribution in [1.82, 2.24) is 10.3 Å². The number of anilines is 1. The van der Waals surface area contributed by atoms with Gasteiger partial charge in [0, 0.05) is 23.9 Å². The van der Waals surface area contributed by atoms with E-state index in [9.17, 15) is 19.7 Å². The van der Waals surface area contributed by atoms with Gasteiger partial charge in [0.05, 0.1) is 4.92 Å². The number of carbonyl (C=O) groups is 2. The first-order chi connectivity index (χ1) is 11.4. The molecule has 8 nitrogen and oxygen atoms in total. The normalized spacial score (nSPS) is 11.4. The van der Waals surface area contributed by atoms with Crippen LogP contribution in [0.1, 0.15) is 22.8 Å². The average Bonchev–Trinajstić information content (AvgIpc) is 2.54. The van der Waals surface area contributed by atoms with E-state index in [0.717, 1.165) is 11.6 Å². The van der Waals surface area contributed by atoms with Crippen LogP contribution in [0.15, 0.2) is 42.6 Å². The summed E-state index contributed by atoms with van der Waals surface area (Å²) in [6.07, 6.45) is 1.57. The number of aromatic nitrogens is 1. The van der Waals surface area contributed by atoms with Crippen LogP contribution in [0.2, 0.25) is 0 Å². The fourth-order valence-corrected chi connectivity index (χ4v) is 1.95. The smallest absolute Gasteiger partial charge is 0.270 e. The molecule has 0 saturated carbocycles. The molecule has 8 heteroatoms. The molecule has 0 aliphatic rings. The lowest BCUT2D eigenvalue weighted by Crippen LogP contribution is -2.41. The minimum absolute atomic E-state index is 0.109. The summed E-state index contributed by atoms with van der Waals surface area (Å²) in [5.74, 6) is -0.623. The van der Waals surface area contributed by atoms with Crippen LogP contribution in [0.5, 0.6) is 0 Å². The number of carbonyl (C=O) groups excluding carboxylic acids is 2. The molecule has 1 heterocycles. The first-order valence-electron chi connectivity index (χ1n) is 7.15. The molecule has 2 aromatic rings. The Hall–Kier alpha value is -3.29. The zero-order valence-corrected chi connectivity index (χ0v) is 13.1. The summed E-state index contributed by atoms with van der Waals surface area (Å²) in [4.78, 5) is 38.4. The zero-order chi connectivity index (χ0) is 17.7. The van der Waals surface area contributed by atoms with E-state index in [1.165, 1.54) is 25.1 Å². The number of non-ortho nitro benzene ring substituents is 1. The lowest BCUT2D eigenvalue weighted by molar-refractivity contribution is -0.384. The van der Waals surface area contributed by atoms with Crippen LogP contribution in [0, 0.1) is 17.0 Å². The largest absolute Gasteiger partial charge is 0.341 e. The number of nitrogens with zero attached hydrogens (tertiary/aromatic N) is 2. The third-order valence-electron chi connectivity index (χ3n) is 3.23. The molecule has 2 rings (SSSR count). The summed E-state index contributed by atoms with van der Waals surface area (Å²) in [5.41, 5.74) is 0.856. The van der Waals surface area contributed by atoms with Crippen molar-refractivity contribution >= 4 is 23.3 Å². The van der Waals surface area contributed by atoms with Crippen LogP contribution in [-0.2, 0) is 4.79 Å². The maximum absolute atomic E-state index is 12.1. The van der Waals surface area contributed by atoms with E-state index in [1.807, 2.05) is 6.92 Å². The van der Waals surface area contributed by atoms with E-state index < -0.39 is 22.8 Å². The lowest BCUT2D eigenvalue weighted by Gasteiger charge is -2.14. The quantitative estimate of drug-likeness (QED) is 0.644. The first kappa shape index (κ1) is 17.1. The van der Waals surface area contributed by atoms with Crippen molar-refractivity contribution in [3.8, 4) is 0 Å². The van der Waals surface area contributed by atoms with Gasteiger partial charge in [0.1, 0.15) is 11.9 Å². The van der Waals surface area contributed by atoms with Crippen LogP contribution in [-0.4, -0.2) is 27.8 Å². The third-order valence-corrected chi connectivity index (χ3v) is 3.23. The highest BCUT2D eigenvalue weighted by molar-refractivity contribution is 6.00. The van der Waals surface area contributed by atoms with Crippen LogP contribution < -0.4 is 10.6 Å². The Kier molecular flexibility index (Phi) is 5.20. The molecule has 0 saturated heterocycles. The fourth-order valence-electron chi connectivity index (χ4n) is 1.95. The van der Waals surface area contributed by atoms with Gasteiger partial charge in [-0.2, -0.15) is 0 Å². The topological polar surface area (TPSA) is 114 Å². The maximum Gasteiger partial charge on any atom is 0.270 e. The van der Waals surface area contributed by atoms with E-state index in [0.29, 0.717) is 5.82 Å². The SMILES string of the molecule is Cc1ccnc(NC(=O)[C@@H](C)NC(=O)c2cccc([N+](=O)[O-])c2)c1. The summed E-state index contributed by atoms with van der Waals surface area (Å²) < 4.78 is 0. The number of nitro benzene ring substituents is 1. The minimum atomic E-state index is -0.834. The number of nitro groups is 1. The van der Waals surface area contributed by atoms with Gasteiger partial charge >= 0.3 is 0 Å². The Labute approximate surface area is 138 Å². The van der Waals surface area contributed by atoms with Gasteiger partial charge in [-0.15, -0.1) is 0 Å². The van der Waals surface area contributed by atoms with E-state index >= 15 is 0 Å². The van der Waals surface area contributed by atoms with E-state index in [1.54, 1.807) is 18.3 Å². The Morgan fingerprint density at radius 1 is 1.25 bits per heavy atom. The van der Waals surface area contributed by atoms with Crippen molar-refractivity contribution in [2.75, 3.05) is 5.32 Å². The third kappa shape index (κ3) is 4.35. The van der Waals surface area contributed by atoms with Crippen molar-refractivity contribution < 1.29 is 14.5 Å². The number of pyridine rings is 1. The second-order valence-corrected chi connectivity index (χ2v) is 5.21. The summed E-state index contributed by atoms with van der Waals surface area (Å²) >= 11 is 0. The van der Waals surface area contributed by atoms with Gasteiger partial charge in [0.15, 0.2) is 0 Å². The van der Waals surface area contributed by atoms with Crippen molar-refractivity contribution in [3.05, 3.63) is 63.8 Å². The molecule has 0 unspecified atom stereocenters. The highest BCUT2D eigenvalue weighted by atomic mass is 16.6. The van der Waals surface area contributed by atoms with E-state index in [2.05, 4.69) is 15.6 Å². The first-order valence-corrected chi connectivity index (χ1v) is 7.15. The summed E-state index contributed by atoms with van der Waals surface area (Å²) in [5, 5.41) is 15.8. The van der Waals surface area contributed by atoms with Gasteiger partial charge < -0.3 is 10.6 Å². The molecule has 0 fully saturated rings. The van der Waals surface area contributed by atoms with Gasteiger partial charge in [-0.25, -0.2) is 4.98 Å². The van der Waals surface area contributed by atoms with E-state index in [4.69, 9.17) is 0 Å². The van der Waals surface area contributed by atoms with Gasteiger partial charge in [0.2, 0.25) is 5.91 Å². The fraction of sp³-hybridized carbons (Fsp3) is 0.188. The van der Waals surface area contributed by atoms with Crippen LogP contribution in [0.4, 0.5) is 11.5 Å². The van der Waals surface area contributed by atoms with Crippen LogP contribution >= 0.6 is 0 Å². The number of rotatable bonds is 5.